The largest absolute Gasteiger partial charge is 0.384 e. The monoisotopic (exact) mass is 243 g/mol. The molecule has 1 aliphatic carbocycles. The maximum atomic E-state index is 10.5. The number of fused-ring (bicyclic) bond motifs is 1. The molecule has 1 unspecified atom stereocenters. The van der Waals surface area contributed by atoms with Gasteiger partial charge in [0.25, 0.3) is 0 Å². The van der Waals surface area contributed by atoms with Gasteiger partial charge in [-0.2, -0.15) is 5.10 Å². The van der Waals surface area contributed by atoms with Crippen molar-refractivity contribution in [2.75, 3.05) is 0 Å². The molecule has 0 aromatic carbocycles. The Balaban J connectivity index is 1.96. The molecule has 2 aromatic rings. The van der Waals surface area contributed by atoms with E-state index in [9.17, 15) is 5.11 Å². The first kappa shape index (κ1) is 11.4. The van der Waals surface area contributed by atoms with Gasteiger partial charge < -0.3 is 5.11 Å². The summed E-state index contributed by atoms with van der Waals surface area (Å²) in [5.74, 6) is 0. The molecule has 4 heteroatoms. The van der Waals surface area contributed by atoms with E-state index in [4.69, 9.17) is 0 Å². The van der Waals surface area contributed by atoms with Crippen LogP contribution in [0.15, 0.2) is 36.4 Å². The average molecular weight is 243 g/mol. The Kier molecular flexibility index (Phi) is 3.11. The van der Waals surface area contributed by atoms with Gasteiger partial charge in [0.2, 0.25) is 0 Å². The fourth-order valence-electron chi connectivity index (χ4n) is 2.55. The minimum Gasteiger partial charge on any atom is -0.384 e. The number of nitrogens with zero attached hydrogens (tertiary/aromatic N) is 3. The summed E-state index contributed by atoms with van der Waals surface area (Å²) in [4.78, 5) is 4.10. The molecule has 0 aliphatic heterocycles. The van der Waals surface area contributed by atoms with Crippen LogP contribution < -0.4 is 0 Å². The zero-order valence-electron chi connectivity index (χ0n) is 10.3. The van der Waals surface area contributed by atoms with Gasteiger partial charge in [0.05, 0.1) is 17.9 Å². The zero-order valence-corrected chi connectivity index (χ0v) is 10.3. The summed E-state index contributed by atoms with van der Waals surface area (Å²) >= 11 is 0. The van der Waals surface area contributed by atoms with Crippen LogP contribution in [0.5, 0.6) is 0 Å². The highest BCUT2D eigenvalue weighted by Gasteiger charge is 2.18. The summed E-state index contributed by atoms with van der Waals surface area (Å²) < 4.78 is 1.75. The molecule has 2 aromatic heterocycles. The van der Waals surface area contributed by atoms with E-state index >= 15 is 0 Å². The van der Waals surface area contributed by atoms with Gasteiger partial charge in [0.15, 0.2) is 0 Å². The van der Waals surface area contributed by atoms with Gasteiger partial charge in [-0.25, -0.2) is 4.52 Å². The first-order chi connectivity index (χ1) is 8.86. The minimum absolute atomic E-state index is 0.537. The van der Waals surface area contributed by atoms with Gasteiger partial charge in [-0.3, -0.25) is 4.98 Å². The summed E-state index contributed by atoms with van der Waals surface area (Å²) in [5, 5.41) is 14.8. The van der Waals surface area contributed by atoms with Crippen LogP contribution in [0, 0.1) is 0 Å². The lowest BCUT2D eigenvalue weighted by atomic mass is 9.99. The van der Waals surface area contributed by atoms with E-state index in [1.54, 1.807) is 29.3 Å². The van der Waals surface area contributed by atoms with Crippen molar-refractivity contribution < 1.29 is 5.11 Å². The standard InChI is InChI=1S/C14H17N3O/c18-14(11-5-3-1-2-4-6-11)12-9-16-17-8-7-15-10-13(12)17/h5,7-10,14,18H,1-4,6H2. The molecule has 0 fully saturated rings. The fraction of sp³-hybridized carbons (Fsp3) is 0.429. The van der Waals surface area contributed by atoms with Crippen molar-refractivity contribution >= 4 is 5.52 Å². The summed E-state index contributed by atoms with van der Waals surface area (Å²) in [6.45, 7) is 0. The van der Waals surface area contributed by atoms with E-state index in [1.807, 2.05) is 0 Å². The van der Waals surface area contributed by atoms with Crippen molar-refractivity contribution in [3.05, 3.63) is 42.0 Å². The van der Waals surface area contributed by atoms with Crippen molar-refractivity contribution in [2.24, 2.45) is 0 Å². The lowest BCUT2D eigenvalue weighted by Crippen LogP contribution is -2.01. The molecule has 0 radical (unpaired) electrons. The minimum atomic E-state index is -0.537. The van der Waals surface area contributed by atoms with Gasteiger partial charge in [-0.1, -0.05) is 12.5 Å². The Hall–Kier alpha value is -1.68. The zero-order chi connectivity index (χ0) is 12.4. The van der Waals surface area contributed by atoms with Gasteiger partial charge in [0.1, 0.15) is 6.10 Å². The Morgan fingerprint density at radius 2 is 2.17 bits per heavy atom. The van der Waals surface area contributed by atoms with Gasteiger partial charge >= 0.3 is 0 Å². The van der Waals surface area contributed by atoms with E-state index < -0.39 is 6.10 Å². The number of allylic oxidation sites excluding steroid dienone is 1. The maximum Gasteiger partial charge on any atom is 0.104 e. The van der Waals surface area contributed by atoms with E-state index in [-0.39, 0.29) is 0 Å². The quantitative estimate of drug-likeness (QED) is 0.825. The van der Waals surface area contributed by atoms with Crippen LogP contribution in [0.3, 0.4) is 0 Å². The molecule has 0 amide bonds. The number of aliphatic hydroxyl groups excluding tert-OH is 1. The maximum absolute atomic E-state index is 10.5. The molecule has 0 saturated heterocycles. The molecular weight excluding hydrogens is 226 g/mol. The van der Waals surface area contributed by atoms with Gasteiger partial charge in [-0.05, 0) is 31.3 Å². The summed E-state index contributed by atoms with van der Waals surface area (Å²) in [6.07, 6.45) is 14.4. The second kappa shape index (κ2) is 4.90. The molecule has 1 N–H and O–H groups in total. The van der Waals surface area contributed by atoms with Crippen LogP contribution in [0.25, 0.3) is 5.52 Å². The third kappa shape index (κ3) is 2.04. The molecule has 1 aliphatic rings. The summed E-state index contributed by atoms with van der Waals surface area (Å²) in [6, 6.07) is 0. The van der Waals surface area contributed by atoms with Crippen LogP contribution in [-0.2, 0) is 0 Å². The van der Waals surface area contributed by atoms with Gasteiger partial charge in [0, 0.05) is 18.0 Å². The Labute approximate surface area is 106 Å². The van der Waals surface area contributed by atoms with E-state index in [1.165, 1.54) is 19.3 Å². The third-order valence-electron chi connectivity index (χ3n) is 3.58. The first-order valence-electron chi connectivity index (χ1n) is 6.50. The molecule has 0 saturated carbocycles. The van der Waals surface area contributed by atoms with Crippen molar-refractivity contribution in [3.8, 4) is 0 Å². The molecule has 2 heterocycles. The highest BCUT2D eigenvalue weighted by molar-refractivity contribution is 5.54. The highest BCUT2D eigenvalue weighted by Crippen LogP contribution is 2.30. The topological polar surface area (TPSA) is 50.4 Å². The molecule has 1 atom stereocenters. The molecule has 3 rings (SSSR count). The Morgan fingerprint density at radius 1 is 1.22 bits per heavy atom. The number of hydrogen-bond donors (Lipinski definition) is 1. The molecular formula is C14H17N3O. The molecule has 0 bridgehead atoms. The third-order valence-corrected chi connectivity index (χ3v) is 3.58. The number of hydrogen-bond acceptors (Lipinski definition) is 3. The first-order valence-corrected chi connectivity index (χ1v) is 6.50. The molecule has 4 nitrogen and oxygen atoms in total. The number of rotatable bonds is 2. The average Bonchev–Trinajstić information content (AvgIpc) is 2.65. The predicted octanol–water partition coefficient (Wildman–Crippen LogP) is 2.65. The van der Waals surface area contributed by atoms with Crippen molar-refractivity contribution in [1.29, 1.82) is 0 Å². The lowest BCUT2D eigenvalue weighted by molar-refractivity contribution is 0.212. The Bertz CT molecular complexity index is 573. The van der Waals surface area contributed by atoms with E-state index in [0.717, 1.165) is 29.5 Å². The summed E-state index contributed by atoms with van der Waals surface area (Å²) in [7, 11) is 0. The number of aromatic nitrogens is 3. The summed E-state index contributed by atoms with van der Waals surface area (Å²) in [5.41, 5.74) is 2.87. The van der Waals surface area contributed by atoms with Gasteiger partial charge in [-0.15, -0.1) is 0 Å². The lowest BCUT2D eigenvalue weighted by Gasteiger charge is -2.13. The van der Waals surface area contributed by atoms with Crippen LogP contribution in [0.2, 0.25) is 0 Å². The molecule has 18 heavy (non-hydrogen) atoms. The van der Waals surface area contributed by atoms with Crippen LogP contribution >= 0.6 is 0 Å². The van der Waals surface area contributed by atoms with Crippen molar-refractivity contribution in [1.82, 2.24) is 14.6 Å². The van der Waals surface area contributed by atoms with E-state index in [2.05, 4.69) is 16.2 Å². The normalized spacial score (nSPS) is 18.4. The predicted molar refractivity (Wildman–Crippen MR) is 69.1 cm³/mol. The van der Waals surface area contributed by atoms with Crippen molar-refractivity contribution in [3.63, 3.8) is 0 Å². The highest BCUT2D eigenvalue weighted by atomic mass is 16.3. The Morgan fingerprint density at radius 3 is 3.11 bits per heavy atom. The van der Waals surface area contributed by atoms with E-state index in [0.29, 0.717) is 0 Å². The smallest absolute Gasteiger partial charge is 0.104 e. The van der Waals surface area contributed by atoms with Crippen LogP contribution in [0.4, 0.5) is 0 Å². The molecule has 0 spiro atoms. The second-order valence-corrected chi connectivity index (χ2v) is 4.79. The van der Waals surface area contributed by atoms with Crippen LogP contribution in [-0.4, -0.2) is 19.7 Å². The van der Waals surface area contributed by atoms with Crippen LogP contribution in [0.1, 0.15) is 43.8 Å². The SMILES string of the molecule is OC(C1=CCCCCC1)c1cnn2ccncc12. The fourth-order valence-corrected chi connectivity index (χ4v) is 2.55. The number of aliphatic hydroxyl groups is 1. The second-order valence-electron chi connectivity index (χ2n) is 4.79. The molecule has 94 valence electrons. The van der Waals surface area contributed by atoms with Crippen molar-refractivity contribution in [2.45, 2.75) is 38.2 Å².